The summed E-state index contributed by atoms with van der Waals surface area (Å²) in [5.74, 6) is 1.64. The molecule has 2 heterocycles. The molecule has 0 saturated carbocycles. The van der Waals surface area contributed by atoms with Crippen molar-refractivity contribution in [2.45, 2.75) is 0 Å². The van der Waals surface area contributed by atoms with E-state index in [0.29, 0.717) is 5.82 Å². The Bertz CT molecular complexity index is 880. The number of benzene rings is 2. The Hall–Kier alpha value is -2.70. The minimum Gasteiger partial charge on any atom is -0.508 e. The summed E-state index contributed by atoms with van der Waals surface area (Å²) in [5.41, 5.74) is 1.78. The summed E-state index contributed by atoms with van der Waals surface area (Å²) < 4.78 is 5.39. The Morgan fingerprint density at radius 3 is 2.65 bits per heavy atom. The lowest BCUT2D eigenvalue weighted by Crippen LogP contribution is -2.39. The Balaban J connectivity index is 1.61. The van der Waals surface area contributed by atoms with E-state index >= 15 is 0 Å². The second-order valence-corrected chi connectivity index (χ2v) is 6.34. The summed E-state index contributed by atoms with van der Waals surface area (Å²) in [6, 6.07) is 15.1. The van der Waals surface area contributed by atoms with Gasteiger partial charge in [0.15, 0.2) is 5.82 Å². The average molecular weight is 350 g/mol. The molecule has 134 valence electrons. The van der Waals surface area contributed by atoms with Crippen LogP contribution in [0.5, 0.6) is 5.75 Å². The lowest BCUT2D eigenvalue weighted by atomic mass is 10.1. The molecule has 1 fully saturated rings. The SMILES string of the molecule is Oc1ccc2nc(-c3ccccc3)nc(NCCN3CCOCC3)c2c1. The predicted octanol–water partition coefficient (Wildman–Crippen LogP) is 2.75. The van der Waals surface area contributed by atoms with Crippen molar-refractivity contribution >= 4 is 16.7 Å². The number of aromatic hydroxyl groups is 1. The number of nitrogens with one attached hydrogen (secondary N) is 1. The van der Waals surface area contributed by atoms with E-state index in [-0.39, 0.29) is 5.75 Å². The Morgan fingerprint density at radius 1 is 1.04 bits per heavy atom. The molecule has 1 saturated heterocycles. The first kappa shape index (κ1) is 16.8. The zero-order valence-electron chi connectivity index (χ0n) is 14.6. The summed E-state index contributed by atoms with van der Waals surface area (Å²) in [7, 11) is 0. The quantitative estimate of drug-likeness (QED) is 0.737. The predicted molar refractivity (Wildman–Crippen MR) is 102 cm³/mol. The van der Waals surface area contributed by atoms with Crippen LogP contribution in [0.1, 0.15) is 0 Å². The molecule has 0 bridgehead atoms. The summed E-state index contributed by atoms with van der Waals surface area (Å²) in [6.07, 6.45) is 0. The number of fused-ring (bicyclic) bond motifs is 1. The van der Waals surface area contributed by atoms with Gasteiger partial charge >= 0.3 is 0 Å². The van der Waals surface area contributed by atoms with Crippen molar-refractivity contribution in [3.63, 3.8) is 0 Å². The van der Waals surface area contributed by atoms with Crippen molar-refractivity contribution in [2.24, 2.45) is 0 Å². The second kappa shape index (κ2) is 7.68. The van der Waals surface area contributed by atoms with Crippen LogP contribution in [0.4, 0.5) is 5.82 Å². The molecular weight excluding hydrogens is 328 g/mol. The number of phenolic OH excluding ortho intramolecular Hbond substituents is 1. The van der Waals surface area contributed by atoms with E-state index in [2.05, 4.69) is 15.2 Å². The monoisotopic (exact) mass is 350 g/mol. The van der Waals surface area contributed by atoms with E-state index in [0.717, 1.165) is 61.7 Å². The molecule has 1 aliphatic heterocycles. The highest BCUT2D eigenvalue weighted by atomic mass is 16.5. The number of morpholine rings is 1. The van der Waals surface area contributed by atoms with Crippen molar-refractivity contribution in [1.29, 1.82) is 0 Å². The maximum absolute atomic E-state index is 9.86. The van der Waals surface area contributed by atoms with Crippen LogP contribution < -0.4 is 5.32 Å². The maximum Gasteiger partial charge on any atom is 0.162 e. The number of phenols is 1. The van der Waals surface area contributed by atoms with Crippen LogP contribution in [0, 0.1) is 0 Å². The lowest BCUT2D eigenvalue weighted by Gasteiger charge is -2.26. The molecule has 0 unspecified atom stereocenters. The van der Waals surface area contributed by atoms with Gasteiger partial charge in [-0.25, -0.2) is 9.97 Å². The van der Waals surface area contributed by atoms with Gasteiger partial charge in [-0.15, -0.1) is 0 Å². The molecular formula is C20H22N4O2. The number of hydrogen-bond donors (Lipinski definition) is 2. The molecule has 0 atom stereocenters. The van der Waals surface area contributed by atoms with Gasteiger partial charge in [-0.3, -0.25) is 4.90 Å². The Kier molecular flexibility index (Phi) is 4.95. The van der Waals surface area contributed by atoms with E-state index in [1.165, 1.54) is 0 Å². The number of hydrogen-bond acceptors (Lipinski definition) is 6. The van der Waals surface area contributed by atoms with Crippen LogP contribution >= 0.6 is 0 Å². The number of rotatable bonds is 5. The van der Waals surface area contributed by atoms with E-state index < -0.39 is 0 Å². The van der Waals surface area contributed by atoms with Gasteiger partial charge < -0.3 is 15.2 Å². The fraction of sp³-hybridized carbons (Fsp3) is 0.300. The molecule has 1 aromatic heterocycles. The molecule has 3 aromatic rings. The molecule has 26 heavy (non-hydrogen) atoms. The highest BCUT2D eigenvalue weighted by Gasteiger charge is 2.12. The Labute approximate surface area is 152 Å². The van der Waals surface area contributed by atoms with E-state index in [1.54, 1.807) is 12.1 Å². The summed E-state index contributed by atoms with van der Waals surface area (Å²) in [4.78, 5) is 11.7. The van der Waals surface area contributed by atoms with E-state index in [1.807, 2.05) is 36.4 Å². The van der Waals surface area contributed by atoms with Gasteiger partial charge in [0, 0.05) is 37.1 Å². The second-order valence-electron chi connectivity index (χ2n) is 6.34. The van der Waals surface area contributed by atoms with Crippen LogP contribution in [0.15, 0.2) is 48.5 Å². The van der Waals surface area contributed by atoms with E-state index in [4.69, 9.17) is 9.72 Å². The van der Waals surface area contributed by atoms with Gasteiger partial charge in [0.1, 0.15) is 11.6 Å². The zero-order chi connectivity index (χ0) is 17.8. The third-order valence-electron chi connectivity index (χ3n) is 4.54. The van der Waals surface area contributed by atoms with Crippen LogP contribution in [0.2, 0.25) is 0 Å². The van der Waals surface area contributed by atoms with Crippen molar-refractivity contribution in [2.75, 3.05) is 44.7 Å². The third-order valence-corrected chi connectivity index (χ3v) is 4.54. The molecule has 0 amide bonds. The van der Waals surface area contributed by atoms with E-state index in [9.17, 15) is 5.11 Å². The first-order valence-electron chi connectivity index (χ1n) is 8.90. The zero-order valence-corrected chi connectivity index (χ0v) is 14.6. The number of nitrogens with zero attached hydrogens (tertiary/aromatic N) is 3. The van der Waals surface area contributed by atoms with Crippen LogP contribution in [0.25, 0.3) is 22.3 Å². The number of aromatic nitrogens is 2. The first-order valence-corrected chi connectivity index (χ1v) is 8.90. The fourth-order valence-electron chi connectivity index (χ4n) is 3.12. The molecule has 2 N–H and O–H groups in total. The minimum atomic E-state index is 0.213. The molecule has 2 aromatic carbocycles. The number of ether oxygens (including phenoxy) is 1. The molecule has 1 aliphatic rings. The topological polar surface area (TPSA) is 70.5 Å². The van der Waals surface area contributed by atoms with Gasteiger partial charge in [-0.05, 0) is 18.2 Å². The third kappa shape index (κ3) is 3.76. The van der Waals surface area contributed by atoms with Gasteiger partial charge in [0.25, 0.3) is 0 Å². The highest BCUT2D eigenvalue weighted by Crippen LogP contribution is 2.27. The van der Waals surface area contributed by atoms with Gasteiger partial charge in [-0.2, -0.15) is 0 Å². The minimum absolute atomic E-state index is 0.213. The molecule has 0 aliphatic carbocycles. The standard InChI is InChI=1S/C20H22N4O2/c25-16-6-7-18-17(14-16)20(21-8-9-24-10-12-26-13-11-24)23-19(22-18)15-4-2-1-3-5-15/h1-7,14,25H,8-13H2,(H,21,22,23). The van der Waals surface area contributed by atoms with Crippen molar-refractivity contribution < 1.29 is 9.84 Å². The fourth-order valence-corrected chi connectivity index (χ4v) is 3.12. The highest BCUT2D eigenvalue weighted by molar-refractivity contribution is 5.91. The lowest BCUT2D eigenvalue weighted by molar-refractivity contribution is 0.0398. The average Bonchev–Trinajstić information content (AvgIpc) is 2.69. The van der Waals surface area contributed by atoms with Crippen LogP contribution in [0.3, 0.4) is 0 Å². The first-order chi connectivity index (χ1) is 12.8. The van der Waals surface area contributed by atoms with Gasteiger partial charge in [0.05, 0.1) is 18.7 Å². The maximum atomic E-state index is 9.86. The molecule has 0 radical (unpaired) electrons. The van der Waals surface area contributed by atoms with Gasteiger partial charge in [0.2, 0.25) is 0 Å². The summed E-state index contributed by atoms with van der Waals surface area (Å²) in [6.45, 7) is 5.21. The summed E-state index contributed by atoms with van der Waals surface area (Å²) in [5, 5.41) is 14.1. The Morgan fingerprint density at radius 2 is 1.85 bits per heavy atom. The number of anilines is 1. The van der Waals surface area contributed by atoms with Gasteiger partial charge in [-0.1, -0.05) is 30.3 Å². The molecule has 6 heteroatoms. The smallest absolute Gasteiger partial charge is 0.162 e. The molecule has 4 rings (SSSR count). The molecule has 0 spiro atoms. The molecule has 6 nitrogen and oxygen atoms in total. The van der Waals surface area contributed by atoms with Crippen molar-refractivity contribution in [3.8, 4) is 17.1 Å². The van der Waals surface area contributed by atoms with Crippen molar-refractivity contribution in [3.05, 3.63) is 48.5 Å². The van der Waals surface area contributed by atoms with Crippen LogP contribution in [-0.4, -0.2) is 59.4 Å². The largest absolute Gasteiger partial charge is 0.508 e. The van der Waals surface area contributed by atoms with Crippen molar-refractivity contribution in [1.82, 2.24) is 14.9 Å². The summed E-state index contributed by atoms with van der Waals surface area (Å²) >= 11 is 0. The van der Waals surface area contributed by atoms with Crippen LogP contribution in [-0.2, 0) is 4.74 Å². The normalized spacial score (nSPS) is 15.2.